The molecule has 1 N–H and O–H groups in total. The van der Waals surface area contributed by atoms with Gasteiger partial charge in [-0.15, -0.1) is 16.4 Å². The fourth-order valence-electron chi connectivity index (χ4n) is 3.36. The Labute approximate surface area is 176 Å². The number of hydrogen-bond donors (Lipinski definition) is 1. The lowest BCUT2D eigenvalue weighted by Crippen LogP contribution is -2.21. The van der Waals surface area contributed by atoms with Crippen molar-refractivity contribution < 1.29 is 14.3 Å². The molecule has 0 atom stereocenters. The van der Waals surface area contributed by atoms with E-state index in [0.29, 0.717) is 21.8 Å². The second kappa shape index (κ2) is 8.84. The Morgan fingerprint density at radius 1 is 1.20 bits per heavy atom. The van der Waals surface area contributed by atoms with Crippen molar-refractivity contribution in [1.82, 2.24) is 20.2 Å². The number of ether oxygens (including phenoxy) is 1. The standard InChI is InChI=1S/C20H18N6O3S/c21-10-16-15-4-2-1-3-5-17(15)30-19(16)23-18(27)11-29-20(28)13-6-8-14(9-7-13)26-12-22-24-25-26/h6-9,12H,1-5,11H2,(H,23,27). The van der Waals surface area contributed by atoms with E-state index in [9.17, 15) is 14.9 Å². The van der Waals surface area contributed by atoms with Crippen LogP contribution in [0.5, 0.6) is 0 Å². The first-order valence-electron chi connectivity index (χ1n) is 9.50. The van der Waals surface area contributed by atoms with Gasteiger partial charge in [0.1, 0.15) is 17.4 Å². The van der Waals surface area contributed by atoms with Gasteiger partial charge in [0.2, 0.25) is 0 Å². The highest BCUT2D eigenvalue weighted by atomic mass is 32.1. The molecule has 0 fully saturated rings. The normalized spacial score (nSPS) is 13.0. The number of amides is 1. The lowest BCUT2D eigenvalue weighted by atomic mass is 10.1. The van der Waals surface area contributed by atoms with E-state index in [0.717, 1.165) is 37.7 Å². The molecule has 1 aromatic carbocycles. The van der Waals surface area contributed by atoms with Gasteiger partial charge in [-0.2, -0.15) is 5.26 Å². The molecule has 0 saturated carbocycles. The summed E-state index contributed by atoms with van der Waals surface area (Å²) in [7, 11) is 0. The molecular weight excluding hydrogens is 404 g/mol. The molecule has 0 spiro atoms. The molecule has 2 aromatic heterocycles. The van der Waals surface area contributed by atoms with E-state index < -0.39 is 18.5 Å². The maximum Gasteiger partial charge on any atom is 0.338 e. The summed E-state index contributed by atoms with van der Waals surface area (Å²) in [6.45, 7) is -0.430. The van der Waals surface area contributed by atoms with E-state index >= 15 is 0 Å². The van der Waals surface area contributed by atoms with E-state index in [1.165, 1.54) is 27.2 Å². The highest BCUT2D eigenvalue weighted by Gasteiger charge is 2.21. The Bertz CT molecular complexity index is 1100. The van der Waals surface area contributed by atoms with E-state index in [2.05, 4.69) is 26.9 Å². The molecule has 2 heterocycles. The van der Waals surface area contributed by atoms with Gasteiger partial charge in [-0.25, -0.2) is 9.48 Å². The van der Waals surface area contributed by atoms with Crippen molar-refractivity contribution in [1.29, 1.82) is 5.26 Å². The van der Waals surface area contributed by atoms with Gasteiger partial charge in [0.25, 0.3) is 5.91 Å². The molecule has 0 radical (unpaired) electrons. The van der Waals surface area contributed by atoms with Crippen molar-refractivity contribution in [2.24, 2.45) is 0 Å². The summed E-state index contributed by atoms with van der Waals surface area (Å²) in [6.07, 6.45) is 6.53. The minimum absolute atomic E-state index is 0.306. The molecule has 0 saturated heterocycles. The summed E-state index contributed by atoms with van der Waals surface area (Å²) >= 11 is 1.45. The van der Waals surface area contributed by atoms with Crippen molar-refractivity contribution in [3.8, 4) is 11.8 Å². The molecule has 1 aliphatic rings. The molecule has 1 aliphatic carbocycles. The van der Waals surface area contributed by atoms with Crippen LogP contribution < -0.4 is 5.32 Å². The summed E-state index contributed by atoms with van der Waals surface area (Å²) < 4.78 is 6.57. The van der Waals surface area contributed by atoms with Crippen LogP contribution in [0.4, 0.5) is 5.00 Å². The number of rotatable bonds is 5. The monoisotopic (exact) mass is 422 g/mol. The fourth-order valence-corrected chi connectivity index (χ4v) is 4.61. The number of nitriles is 1. The Kier molecular flexibility index (Phi) is 5.81. The molecule has 9 nitrogen and oxygen atoms in total. The summed E-state index contributed by atoms with van der Waals surface area (Å²) in [5, 5.41) is 23.7. The third kappa shape index (κ3) is 4.21. The number of hydrogen-bond acceptors (Lipinski definition) is 8. The average molecular weight is 422 g/mol. The molecule has 1 amide bonds. The van der Waals surface area contributed by atoms with Crippen molar-refractivity contribution in [3.63, 3.8) is 0 Å². The van der Waals surface area contributed by atoms with Crippen molar-refractivity contribution in [2.45, 2.75) is 32.1 Å². The van der Waals surface area contributed by atoms with Crippen LogP contribution in [0.1, 0.15) is 45.6 Å². The minimum atomic E-state index is -0.615. The lowest BCUT2D eigenvalue weighted by molar-refractivity contribution is -0.119. The van der Waals surface area contributed by atoms with Crippen molar-refractivity contribution >= 4 is 28.2 Å². The largest absolute Gasteiger partial charge is 0.452 e. The van der Waals surface area contributed by atoms with Crippen LogP contribution >= 0.6 is 11.3 Å². The predicted octanol–water partition coefficient (Wildman–Crippen LogP) is 2.66. The molecule has 30 heavy (non-hydrogen) atoms. The summed E-state index contributed by atoms with van der Waals surface area (Å²) in [5.74, 6) is -1.09. The molecule has 0 bridgehead atoms. The van der Waals surface area contributed by atoms with Crippen molar-refractivity contribution in [2.75, 3.05) is 11.9 Å². The molecule has 10 heteroatoms. The van der Waals surface area contributed by atoms with Gasteiger partial charge < -0.3 is 10.1 Å². The summed E-state index contributed by atoms with van der Waals surface area (Å²) in [4.78, 5) is 25.7. The summed E-state index contributed by atoms with van der Waals surface area (Å²) in [6, 6.07) is 8.70. The predicted molar refractivity (Wildman–Crippen MR) is 108 cm³/mol. The smallest absolute Gasteiger partial charge is 0.338 e. The Hall–Kier alpha value is -3.58. The zero-order chi connectivity index (χ0) is 20.9. The Morgan fingerprint density at radius 3 is 2.73 bits per heavy atom. The van der Waals surface area contributed by atoms with Gasteiger partial charge >= 0.3 is 5.97 Å². The summed E-state index contributed by atoms with van der Waals surface area (Å²) in [5.41, 5.74) is 2.58. The topological polar surface area (TPSA) is 123 Å². The number of fused-ring (bicyclic) bond motifs is 1. The van der Waals surface area contributed by atoms with Crippen LogP contribution in [0.25, 0.3) is 5.69 Å². The van der Waals surface area contributed by atoms with Gasteiger partial charge in [-0.3, -0.25) is 4.79 Å². The van der Waals surface area contributed by atoms with Gasteiger partial charge in [0.15, 0.2) is 6.61 Å². The fraction of sp³-hybridized carbons (Fsp3) is 0.300. The van der Waals surface area contributed by atoms with Crippen molar-refractivity contribution in [3.05, 3.63) is 52.2 Å². The molecule has 3 aromatic rings. The van der Waals surface area contributed by atoms with Crippen LogP contribution in [0.3, 0.4) is 0 Å². The first kappa shape index (κ1) is 19.7. The van der Waals surface area contributed by atoms with E-state index in [-0.39, 0.29) is 0 Å². The molecule has 0 aliphatic heterocycles. The molecule has 0 unspecified atom stereocenters. The number of thiophene rings is 1. The second-order valence-corrected chi connectivity index (χ2v) is 7.91. The number of carbonyl (C=O) groups excluding carboxylic acids is 2. The van der Waals surface area contributed by atoms with Crippen LogP contribution in [0.2, 0.25) is 0 Å². The molecular formula is C20H18N6O3S. The number of aromatic nitrogens is 4. The van der Waals surface area contributed by atoms with Gasteiger partial charge in [-0.1, -0.05) is 6.42 Å². The number of nitrogens with one attached hydrogen (secondary N) is 1. The zero-order valence-electron chi connectivity index (χ0n) is 16.0. The third-order valence-corrected chi connectivity index (χ3v) is 6.04. The maximum absolute atomic E-state index is 12.3. The molecule has 152 valence electrons. The average Bonchev–Trinajstić information content (AvgIpc) is 3.35. The van der Waals surface area contributed by atoms with Crippen LogP contribution in [-0.4, -0.2) is 38.7 Å². The number of tetrazole rings is 1. The van der Waals surface area contributed by atoms with Gasteiger partial charge in [0.05, 0.1) is 16.8 Å². The number of aryl methyl sites for hydroxylation is 1. The number of anilines is 1. The minimum Gasteiger partial charge on any atom is -0.452 e. The number of esters is 1. The lowest BCUT2D eigenvalue weighted by Gasteiger charge is -2.07. The van der Waals surface area contributed by atoms with E-state index in [1.807, 2.05) is 0 Å². The second-order valence-electron chi connectivity index (χ2n) is 6.81. The highest BCUT2D eigenvalue weighted by molar-refractivity contribution is 7.16. The zero-order valence-corrected chi connectivity index (χ0v) is 16.8. The van der Waals surface area contributed by atoms with Gasteiger partial charge in [-0.05, 0) is 65.9 Å². The molecule has 4 rings (SSSR count). The van der Waals surface area contributed by atoms with Crippen LogP contribution in [-0.2, 0) is 22.4 Å². The first-order valence-corrected chi connectivity index (χ1v) is 10.3. The highest BCUT2D eigenvalue weighted by Crippen LogP contribution is 2.36. The van der Waals surface area contributed by atoms with Crippen LogP contribution in [0, 0.1) is 11.3 Å². The Morgan fingerprint density at radius 2 is 2.00 bits per heavy atom. The van der Waals surface area contributed by atoms with Crippen LogP contribution in [0.15, 0.2) is 30.6 Å². The third-order valence-electron chi connectivity index (χ3n) is 4.84. The van der Waals surface area contributed by atoms with E-state index in [1.54, 1.807) is 24.3 Å². The number of carbonyl (C=O) groups is 2. The van der Waals surface area contributed by atoms with E-state index in [4.69, 9.17) is 4.74 Å². The Balaban J connectivity index is 1.36. The first-order chi connectivity index (χ1) is 14.7. The maximum atomic E-state index is 12.3. The number of benzene rings is 1. The SMILES string of the molecule is N#Cc1c(NC(=O)COC(=O)c2ccc(-n3cnnn3)cc2)sc2c1CCCCC2. The van der Waals surface area contributed by atoms with Gasteiger partial charge in [0, 0.05) is 4.88 Å². The number of nitrogens with zero attached hydrogens (tertiary/aromatic N) is 5. The quantitative estimate of drug-likeness (QED) is 0.495.